The average Bonchev–Trinajstić information content (AvgIpc) is 2.82. The Morgan fingerprint density at radius 2 is 2.28 bits per heavy atom. The maximum Gasteiger partial charge on any atom is 0.120 e. The number of aromatic amines is 1. The Hall–Kier alpha value is -1.52. The van der Waals surface area contributed by atoms with Gasteiger partial charge in [-0.2, -0.15) is 0 Å². The number of rotatable bonds is 2. The first-order valence-electron chi connectivity index (χ1n) is 6.35. The number of ether oxygens (including phenoxy) is 1. The lowest BCUT2D eigenvalue weighted by molar-refractivity contribution is 0.203. The molecule has 4 nitrogen and oxygen atoms in total. The summed E-state index contributed by atoms with van der Waals surface area (Å²) in [5.41, 5.74) is 2.51. The van der Waals surface area contributed by atoms with Gasteiger partial charge < -0.3 is 15.0 Å². The van der Waals surface area contributed by atoms with E-state index in [2.05, 4.69) is 40.6 Å². The Kier molecular flexibility index (Phi) is 2.97. The molecule has 3 rings (SSSR count). The molecule has 0 bridgehead atoms. The number of likely N-dealkylation sites (N-methyl/N-ethyl adjacent to an activating group) is 1. The number of piperazine rings is 1. The molecule has 2 aromatic rings. The van der Waals surface area contributed by atoms with Gasteiger partial charge in [-0.3, -0.25) is 4.90 Å². The number of benzene rings is 1. The van der Waals surface area contributed by atoms with Gasteiger partial charge in [-0.25, -0.2) is 0 Å². The van der Waals surface area contributed by atoms with Gasteiger partial charge in [0.2, 0.25) is 0 Å². The standard InChI is InChI=1S/C14H19N3O/c1-17-6-5-15-9-14(17)12-8-16-13-7-10(18-2)3-4-11(12)13/h3-4,7-8,14-16H,5-6,9H2,1-2H3. The summed E-state index contributed by atoms with van der Waals surface area (Å²) in [6, 6.07) is 6.66. The van der Waals surface area contributed by atoms with Gasteiger partial charge in [0.1, 0.15) is 5.75 Å². The number of aromatic nitrogens is 1. The maximum absolute atomic E-state index is 5.26. The molecule has 0 spiro atoms. The molecular formula is C14H19N3O. The Balaban J connectivity index is 2.01. The molecule has 18 heavy (non-hydrogen) atoms. The van der Waals surface area contributed by atoms with E-state index in [9.17, 15) is 0 Å². The molecule has 1 saturated heterocycles. The molecule has 1 aromatic heterocycles. The second-order valence-corrected chi connectivity index (χ2v) is 4.86. The lowest BCUT2D eigenvalue weighted by Crippen LogP contribution is -2.43. The molecule has 0 amide bonds. The van der Waals surface area contributed by atoms with Crippen LogP contribution in [0.5, 0.6) is 5.75 Å². The lowest BCUT2D eigenvalue weighted by Gasteiger charge is -2.33. The number of fused-ring (bicyclic) bond motifs is 1. The van der Waals surface area contributed by atoms with Crippen LogP contribution in [0.2, 0.25) is 0 Å². The molecule has 2 heterocycles. The van der Waals surface area contributed by atoms with Gasteiger partial charge >= 0.3 is 0 Å². The van der Waals surface area contributed by atoms with Crippen LogP contribution >= 0.6 is 0 Å². The van der Waals surface area contributed by atoms with Crippen LogP contribution in [0, 0.1) is 0 Å². The largest absolute Gasteiger partial charge is 0.497 e. The van der Waals surface area contributed by atoms with E-state index in [4.69, 9.17) is 4.74 Å². The highest BCUT2D eigenvalue weighted by atomic mass is 16.5. The number of hydrogen-bond acceptors (Lipinski definition) is 3. The highest BCUT2D eigenvalue weighted by Crippen LogP contribution is 2.30. The van der Waals surface area contributed by atoms with Crippen molar-refractivity contribution in [3.05, 3.63) is 30.0 Å². The second kappa shape index (κ2) is 4.63. The highest BCUT2D eigenvalue weighted by Gasteiger charge is 2.22. The Bertz CT molecular complexity index is 549. The Morgan fingerprint density at radius 3 is 3.06 bits per heavy atom. The summed E-state index contributed by atoms with van der Waals surface area (Å²) >= 11 is 0. The predicted octanol–water partition coefficient (Wildman–Crippen LogP) is 1.75. The first-order chi connectivity index (χ1) is 8.79. The fraction of sp³-hybridized carbons (Fsp3) is 0.429. The number of nitrogens with one attached hydrogen (secondary N) is 2. The minimum absolute atomic E-state index is 0.445. The summed E-state index contributed by atoms with van der Waals surface area (Å²) < 4.78 is 5.26. The first-order valence-corrected chi connectivity index (χ1v) is 6.35. The zero-order valence-electron chi connectivity index (χ0n) is 10.9. The highest BCUT2D eigenvalue weighted by molar-refractivity contribution is 5.85. The maximum atomic E-state index is 5.26. The Morgan fingerprint density at radius 1 is 1.39 bits per heavy atom. The zero-order valence-corrected chi connectivity index (χ0v) is 10.9. The van der Waals surface area contributed by atoms with Crippen molar-refractivity contribution in [3.8, 4) is 5.75 Å². The third kappa shape index (κ3) is 1.87. The van der Waals surface area contributed by atoms with E-state index >= 15 is 0 Å². The predicted molar refractivity (Wildman–Crippen MR) is 73.1 cm³/mol. The van der Waals surface area contributed by atoms with Crippen LogP contribution in [-0.4, -0.2) is 43.7 Å². The summed E-state index contributed by atoms with van der Waals surface area (Å²) in [7, 11) is 3.89. The fourth-order valence-corrected chi connectivity index (χ4v) is 2.68. The smallest absolute Gasteiger partial charge is 0.120 e. The molecule has 1 unspecified atom stereocenters. The minimum atomic E-state index is 0.445. The van der Waals surface area contributed by atoms with Gasteiger partial charge in [-0.1, -0.05) is 0 Å². The number of H-pyrrole nitrogens is 1. The summed E-state index contributed by atoms with van der Waals surface area (Å²) in [4.78, 5) is 5.75. The molecule has 1 aliphatic rings. The van der Waals surface area contributed by atoms with E-state index in [-0.39, 0.29) is 0 Å². The number of hydrogen-bond donors (Lipinski definition) is 2. The summed E-state index contributed by atoms with van der Waals surface area (Å²) in [6.45, 7) is 3.17. The van der Waals surface area contributed by atoms with Gasteiger partial charge in [-0.05, 0) is 24.7 Å². The molecule has 0 saturated carbocycles. The van der Waals surface area contributed by atoms with Crippen molar-refractivity contribution in [2.75, 3.05) is 33.8 Å². The molecule has 2 N–H and O–H groups in total. The third-order valence-electron chi connectivity index (χ3n) is 3.79. The molecule has 0 radical (unpaired) electrons. The van der Waals surface area contributed by atoms with Crippen LogP contribution < -0.4 is 10.1 Å². The van der Waals surface area contributed by atoms with E-state index < -0.39 is 0 Å². The number of methoxy groups -OCH3 is 1. The van der Waals surface area contributed by atoms with Gasteiger partial charge in [0, 0.05) is 48.8 Å². The van der Waals surface area contributed by atoms with E-state index in [1.807, 2.05) is 6.07 Å². The molecule has 1 aromatic carbocycles. The van der Waals surface area contributed by atoms with Crippen molar-refractivity contribution in [1.82, 2.24) is 15.2 Å². The quantitative estimate of drug-likeness (QED) is 0.847. The van der Waals surface area contributed by atoms with E-state index in [1.54, 1.807) is 7.11 Å². The molecule has 1 aliphatic heterocycles. The first kappa shape index (κ1) is 11.6. The average molecular weight is 245 g/mol. The van der Waals surface area contributed by atoms with Gasteiger partial charge in [-0.15, -0.1) is 0 Å². The monoisotopic (exact) mass is 245 g/mol. The molecular weight excluding hydrogens is 226 g/mol. The van der Waals surface area contributed by atoms with Crippen molar-refractivity contribution in [1.29, 1.82) is 0 Å². The summed E-state index contributed by atoms with van der Waals surface area (Å²) in [6.07, 6.45) is 2.12. The second-order valence-electron chi connectivity index (χ2n) is 4.86. The van der Waals surface area contributed by atoms with Crippen molar-refractivity contribution >= 4 is 10.9 Å². The van der Waals surface area contributed by atoms with Crippen LogP contribution in [0.1, 0.15) is 11.6 Å². The fourth-order valence-electron chi connectivity index (χ4n) is 2.68. The molecule has 1 atom stereocenters. The SMILES string of the molecule is COc1ccc2c(C3CNCCN3C)c[nH]c2c1. The van der Waals surface area contributed by atoms with Crippen LogP contribution in [0.25, 0.3) is 10.9 Å². The van der Waals surface area contributed by atoms with Crippen LogP contribution in [-0.2, 0) is 0 Å². The molecule has 1 fully saturated rings. The van der Waals surface area contributed by atoms with Crippen molar-refractivity contribution in [2.45, 2.75) is 6.04 Å². The van der Waals surface area contributed by atoms with E-state index in [1.165, 1.54) is 10.9 Å². The van der Waals surface area contributed by atoms with E-state index in [0.717, 1.165) is 30.9 Å². The topological polar surface area (TPSA) is 40.3 Å². The van der Waals surface area contributed by atoms with Crippen molar-refractivity contribution < 1.29 is 4.74 Å². The Labute approximate surface area is 107 Å². The molecule has 4 heteroatoms. The van der Waals surface area contributed by atoms with Gasteiger partial charge in [0.15, 0.2) is 0 Å². The summed E-state index contributed by atoms with van der Waals surface area (Å²) in [5, 5.41) is 4.75. The van der Waals surface area contributed by atoms with E-state index in [0.29, 0.717) is 6.04 Å². The van der Waals surface area contributed by atoms with Crippen molar-refractivity contribution in [3.63, 3.8) is 0 Å². The normalized spacial score (nSPS) is 21.3. The van der Waals surface area contributed by atoms with Gasteiger partial charge in [0.05, 0.1) is 7.11 Å². The van der Waals surface area contributed by atoms with Crippen LogP contribution in [0.4, 0.5) is 0 Å². The zero-order chi connectivity index (χ0) is 12.5. The number of nitrogens with zero attached hydrogens (tertiary/aromatic N) is 1. The molecule has 0 aliphatic carbocycles. The van der Waals surface area contributed by atoms with Crippen molar-refractivity contribution in [2.24, 2.45) is 0 Å². The lowest BCUT2D eigenvalue weighted by atomic mass is 10.0. The summed E-state index contributed by atoms with van der Waals surface area (Å²) in [5.74, 6) is 0.894. The van der Waals surface area contributed by atoms with Gasteiger partial charge in [0.25, 0.3) is 0 Å². The molecule has 96 valence electrons. The third-order valence-corrected chi connectivity index (χ3v) is 3.79. The minimum Gasteiger partial charge on any atom is -0.497 e. The van der Waals surface area contributed by atoms with Crippen LogP contribution in [0.15, 0.2) is 24.4 Å². The van der Waals surface area contributed by atoms with Crippen LogP contribution in [0.3, 0.4) is 0 Å².